The summed E-state index contributed by atoms with van der Waals surface area (Å²) in [5.74, 6) is -0.603. The second-order valence-corrected chi connectivity index (χ2v) is 7.31. The van der Waals surface area contributed by atoms with Crippen LogP contribution in [0.5, 0.6) is 0 Å². The van der Waals surface area contributed by atoms with Crippen LogP contribution >= 0.6 is 11.6 Å². The number of carbonyl (C=O) groups is 1. The number of amides is 1. The Morgan fingerprint density at radius 3 is 2.29 bits per heavy atom. The smallest absolute Gasteiger partial charge is 0.336 e. The maximum atomic E-state index is 13.8. The van der Waals surface area contributed by atoms with Crippen molar-refractivity contribution in [2.75, 3.05) is 7.05 Å². The number of benzene rings is 2. The lowest BCUT2D eigenvalue weighted by atomic mass is 10.1. The average Bonchev–Trinajstić information content (AvgIpc) is 3.09. The number of nitrogens with zero attached hydrogens (tertiary/aromatic N) is 4. The van der Waals surface area contributed by atoms with Gasteiger partial charge in [0.25, 0.3) is 5.91 Å². The normalized spacial score (nSPS) is 11.6. The summed E-state index contributed by atoms with van der Waals surface area (Å²) >= 11 is 6.32. The minimum Gasteiger partial charge on any atom is -0.336 e. The van der Waals surface area contributed by atoms with Gasteiger partial charge in [0, 0.05) is 19.2 Å². The first-order chi connectivity index (χ1) is 14.8. The number of rotatable bonds is 4. The second kappa shape index (κ2) is 8.03. The van der Waals surface area contributed by atoms with Crippen LogP contribution < -0.4 is 0 Å². The molecule has 4 rings (SSSR count). The van der Waals surface area contributed by atoms with Crippen molar-refractivity contribution in [3.05, 3.63) is 88.7 Å². The van der Waals surface area contributed by atoms with Crippen LogP contribution in [0.1, 0.15) is 21.7 Å². The van der Waals surface area contributed by atoms with E-state index in [0.717, 1.165) is 11.6 Å². The molecule has 31 heavy (non-hydrogen) atoms. The van der Waals surface area contributed by atoms with E-state index < -0.39 is 17.8 Å². The van der Waals surface area contributed by atoms with E-state index in [0.29, 0.717) is 10.1 Å². The van der Waals surface area contributed by atoms with E-state index in [9.17, 15) is 18.0 Å². The van der Waals surface area contributed by atoms with Crippen LogP contribution in [-0.4, -0.2) is 32.5 Å². The number of alkyl halides is 3. The third-order valence-corrected chi connectivity index (χ3v) is 5.05. The highest BCUT2D eigenvalue weighted by atomic mass is 35.5. The van der Waals surface area contributed by atoms with Gasteiger partial charge in [0.2, 0.25) is 0 Å². The molecule has 0 aliphatic heterocycles. The molecule has 2 heterocycles. The van der Waals surface area contributed by atoms with Crippen molar-refractivity contribution < 1.29 is 18.0 Å². The zero-order valence-corrected chi connectivity index (χ0v) is 17.0. The first-order valence-corrected chi connectivity index (χ1v) is 9.65. The van der Waals surface area contributed by atoms with Crippen LogP contribution in [0.25, 0.3) is 16.9 Å². The van der Waals surface area contributed by atoms with Crippen molar-refractivity contribution in [3.8, 4) is 11.3 Å². The van der Waals surface area contributed by atoms with Gasteiger partial charge in [-0.15, -0.1) is 0 Å². The first-order valence-electron chi connectivity index (χ1n) is 9.27. The molecule has 0 fully saturated rings. The van der Waals surface area contributed by atoms with Crippen molar-refractivity contribution in [1.29, 1.82) is 0 Å². The monoisotopic (exact) mass is 444 g/mol. The fourth-order valence-electron chi connectivity index (χ4n) is 3.20. The Morgan fingerprint density at radius 2 is 1.68 bits per heavy atom. The summed E-state index contributed by atoms with van der Waals surface area (Å²) in [4.78, 5) is 18.5. The summed E-state index contributed by atoms with van der Waals surface area (Å²) < 4.78 is 41.9. The highest BCUT2D eigenvalue weighted by Crippen LogP contribution is 2.34. The molecular weight excluding hydrogens is 429 g/mol. The third kappa shape index (κ3) is 4.11. The molecule has 0 radical (unpaired) electrons. The summed E-state index contributed by atoms with van der Waals surface area (Å²) in [5.41, 5.74) is -0.155. The number of hydrogen-bond donors (Lipinski definition) is 0. The van der Waals surface area contributed by atoms with E-state index >= 15 is 0 Å². The molecule has 158 valence electrons. The Balaban J connectivity index is 1.81. The predicted molar refractivity (Wildman–Crippen MR) is 111 cm³/mol. The van der Waals surface area contributed by atoms with Crippen LogP contribution in [0.2, 0.25) is 5.02 Å². The molecule has 4 aromatic rings. The van der Waals surface area contributed by atoms with Crippen LogP contribution in [-0.2, 0) is 12.7 Å². The molecule has 0 aliphatic rings. The molecule has 0 aliphatic carbocycles. The Labute approximate surface area is 180 Å². The summed E-state index contributed by atoms with van der Waals surface area (Å²) in [7, 11) is 1.53. The average molecular weight is 445 g/mol. The van der Waals surface area contributed by atoms with Crippen molar-refractivity contribution in [3.63, 3.8) is 0 Å². The van der Waals surface area contributed by atoms with E-state index in [1.54, 1.807) is 30.3 Å². The second-order valence-electron chi connectivity index (χ2n) is 6.94. The van der Waals surface area contributed by atoms with Crippen molar-refractivity contribution in [2.45, 2.75) is 12.7 Å². The van der Waals surface area contributed by atoms with Crippen LogP contribution in [0, 0.1) is 0 Å². The van der Waals surface area contributed by atoms with Gasteiger partial charge >= 0.3 is 6.18 Å². The minimum absolute atomic E-state index is 0.0823. The Hall–Kier alpha value is -3.39. The molecule has 9 heteroatoms. The van der Waals surface area contributed by atoms with Crippen molar-refractivity contribution in [1.82, 2.24) is 19.5 Å². The Bertz CT molecular complexity index is 1240. The quantitative estimate of drug-likeness (QED) is 0.427. The van der Waals surface area contributed by atoms with Crippen LogP contribution in [0.15, 0.2) is 66.7 Å². The summed E-state index contributed by atoms with van der Waals surface area (Å²) in [6.07, 6.45) is -4.73. The molecule has 0 unspecified atom stereocenters. The van der Waals surface area contributed by atoms with Gasteiger partial charge in [-0.1, -0.05) is 72.3 Å². The highest BCUT2D eigenvalue weighted by molar-refractivity contribution is 6.36. The fraction of sp³-hybridized carbons (Fsp3) is 0.136. The van der Waals surface area contributed by atoms with Crippen LogP contribution in [0.4, 0.5) is 13.2 Å². The minimum atomic E-state index is -4.73. The molecule has 0 saturated carbocycles. The Kier molecular flexibility index (Phi) is 5.41. The van der Waals surface area contributed by atoms with E-state index in [2.05, 4.69) is 10.1 Å². The predicted octanol–water partition coefficient (Wildman–Crippen LogP) is 5.34. The summed E-state index contributed by atoms with van der Waals surface area (Å²) in [6, 6.07) is 18.5. The third-order valence-electron chi connectivity index (χ3n) is 4.70. The molecule has 1 amide bonds. The molecule has 0 atom stereocenters. The fourth-order valence-corrected chi connectivity index (χ4v) is 3.44. The van der Waals surface area contributed by atoms with Gasteiger partial charge < -0.3 is 4.90 Å². The summed E-state index contributed by atoms with van der Waals surface area (Å²) in [6.45, 7) is 0.249. The van der Waals surface area contributed by atoms with Gasteiger partial charge in [-0.2, -0.15) is 18.3 Å². The molecule has 2 aromatic carbocycles. The topological polar surface area (TPSA) is 50.5 Å². The lowest BCUT2D eigenvalue weighted by Crippen LogP contribution is -2.27. The zero-order chi connectivity index (χ0) is 22.2. The lowest BCUT2D eigenvalue weighted by Gasteiger charge is -2.16. The van der Waals surface area contributed by atoms with E-state index in [1.165, 1.54) is 11.9 Å². The van der Waals surface area contributed by atoms with Gasteiger partial charge in [-0.3, -0.25) is 4.79 Å². The molecule has 0 spiro atoms. The molecule has 5 nitrogen and oxygen atoms in total. The van der Waals surface area contributed by atoms with Crippen molar-refractivity contribution >= 4 is 23.2 Å². The SMILES string of the molecule is CN(Cc1ccccc1)C(=O)c1nn2c(C(F)(F)F)cc(-c3ccccc3)nc2c1Cl. The number of carbonyl (C=O) groups excluding carboxylic acids is 1. The molecule has 0 saturated heterocycles. The van der Waals surface area contributed by atoms with Crippen LogP contribution in [0.3, 0.4) is 0 Å². The number of hydrogen-bond acceptors (Lipinski definition) is 3. The molecule has 0 bridgehead atoms. The van der Waals surface area contributed by atoms with E-state index in [4.69, 9.17) is 11.6 Å². The lowest BCUT2D eigenvalue weighted by molar-refractivity contribution is -0.142. The van der Waals surface area contributed by atoms with Gasteiger partial charge in [0.1, 0.15) is 5.02 Å². The first kappa shape index (κ1) is 20.9. The Morgan fingerprint density at radius 1 is 1.06 bits per heavy atom. The van der Waals surface area contributed by atoms with E-state index in [1.807, 2.05) is 30.3 Å². The summed E-state index contributed by atoms with van der Waals surface area (Å²) in [5, 5.41) is 3.66. The molecule has 0 N–H and O–H groups in total. The van der Waals surface area contributed by atoms with Gasteiger partial charge in [-0.25, -0.2) is 9.50 Å². The number of halogens is 4. The highest BCUT2D eigenvalue weighted by Gasteiger charge is 2.37. The maximum absolute atomic E-state index is 13.8. The van der Waals surface area contributed by atoms with Gasteiger partial charge in [0.05, 0.1) is 5.69 Å². The van der Waals surface area contributed by atoms with Crippen molar-refractivity contribution in [2.24, 2.45) is 0 Å². The number of aromatic nitrogens is 3. The molecular formula is C22H16ClF3N4O. The molecule has 2 aromatic heterocycles. The largest absolute Gasteiger partial charge is 0.433 e. The standard InChI is InChI=1S/C22H16ClF3N4O/c1-29(13-14-8-4-2-5-9-14)21(31)19-18(23)20-27-16(15-10-6-3-7-11-15)12-17(22(24,25)26)30(20)28-19/h2-12H,13H2,1H3. The van der Waals surface area contributed by atoms with Gasteiger partial charge in [-0.05, 0) is 11.6 Å². The zero-order valence-electron chi connectivity index (χ0n) is 16.3. The van der Waals surface area contributed by atoms with E-state index in [-0.39, 0.29) is 28.6 Å². The maximum Gasteiger partial charge on any atom is 0.433 e. The van der Waals surface area contributed by atoms with Gasteiger partial charge in [0.15, 0.2) is 17.0 Å². The number of fused-ring (bicyclic) bond motifs is 1.